The maximum Gasteiger partial charge on any atom is 0.254 e. The molecule has 0 aliphatic carbocycles. The van der Waals surface area contributed by atoms with Crippen LogP contribution in [-0.4, -0.2) is 61.9 Å². The van der Waals surface area contributed by atoms with E-state index >= 15 is 0 Å². The summed E-state index contributed by atoms with van der Waals surface area (Å²) in [5.41, 5.74) is 2.81. The van der Waals surface area contributed by atoms with Gasteiger partial charge in [0.25, 0.3) is 5.91 Å². The molecule has 2 aliphatic heterocycles. The van der Waals surface area contributed by atoms with Crippen molar-refractivity contribution in [1.29, 1.82) is 0 Å². The second-order valence-corrected chi connectivity index (χ2v) is 7.54. The molecular weight excluding hydrogens is 368 g/mol. The van der Waals surface area contributed by atoms with Crippen LogP contribution in [-0.2, 0) is 11.3 Å². The molecular formula is C23H28N2O4. The Morgan fingerprint density at radius 3 is 2.69 bits per heavy atom. The zero-order chi connectivity index (χ0) is 20.1. The van der Waals surface area contributed by atoms with Gasteiger partial charge in [-0.15, -0.1) is 0 Å². The van der Waals surface area contributed by atoms with Gasteiger partial charge in [-0.05, 0) is 42.7 Å². The normalized spacial score (nSPS) is 16.0. The van der Waals surface area contributed by atoms with Gasteiger partial charge in [0.05, 0.1) is 13.2 Å². The van der Waals surface area contributed by atoms with Crippen LogP contribution in [0.25, 0.3) is 0 Å². The van der Waals surface area contributed by atoms with E-state index in [1.165, 1.54) is 0 Å². The molecule has 0 saturated carbocycles. The van der Waals surface area contributed by atoms with Crippen molar-refractivity contribution in [3.63, 3.8) is 0 Å². The third kappa shape index (κ3) is 4.89. The van der Waals surface area contributed by atoms with Crippen LogP contribution in [0.2, 0.25) is 0 Å². The molecule has 29 heavy (non-hydrogen) atoms. The Morgan fingerprint density at radius 1 is 1.07 bits per heavy atom. The lowest BCUT2D eigenvalue weighted by Crippen LogP contribution is -2.39. The first-order chi connectivity index (χ1) is 14.2. The number of fused-ring (bicyclic) bond motifs is 1. The van der Waals surface area contributed by atoms with Crippen molar-refractivity contribution in [3.8, 4) is 11.5 Å². The fourth-order valence-electron chi connectivity index (χ4n) is 3.81. The van der Waals surface area contributed by atoms with Crippen molar-refractivity contribution in [3.05, 3.63) is 59.2 Å². The molecule has 0 N–H and O–H groups in total. The van der Waals surface area contributed by atoms with E-state index in [4.69, 9.17) is 14.2 Å². The van der Waals surface area contributed by atoms with Gasteiger partial charge in [0.1, 0.15) is 0 Å². The molecule has 2 aromatic rings. The van der Waals surface area contributed by atoms with Gasteiger partial charge in [-0.1, -0.05) is 24.3 Å². The van der Waals surface area contributed by atoms with Gasteiger partial charge in [0.2, 0.25) is 6.79 Å². The molecule has 2 heterocycles. The van der Waals surface area contributed by atoms with Crippen LogP contribution in [0.3, 0.4) is 0 Å². The highest BCUT2D eigenvalue weighted by atomic mass is 16.7. The fourth-order valence-corrected chi connectivity index (χ4v) is 3.81. The van der Waals surface area contributed by atoms with Crippen molar-refractivity contribution in [2.24, 2.45) is 0 Å². The minimum Gasteiger partial charge on any atom is -0.454 e. The predicted molar refractivity (Wildman–Crippen MR) is 110 cm³/mol. The Kier molecular flexibility index (Phi) is 6.32. The van der Waals surface area contributed by atoms with E-state index in [9.17, 15) is 4.79 Å². The van der Waals surface area contributed by atoms with Crippen LogP contribution in [0, 0.1) is 6.92 Å². The summed E-state index contributed by atoms with van der Waals surface area (Å²) >= 11 is 0. The third-order valence-electron chi connectivity index (χ3n) is 5.48. The first-order valence-electron chi connectivity index (χ1n) is 10.2. The Labute approximate surface area is 172 Å². The lowest BCUT2D eigenvalue weighted by Gasteiger charge is -2.28. The Hall–Kier alpha value is -2.57. The minimum atomic E-state index is 0.0720. The van der Waals surface area contributed by atoms with Crippen molar-refractivity contribution in [2.75, 3.05) is 46.2 Å². The van der Waals surface area contributed by atoms with Crippen LogP contribution >= 0.6 is 0 Å². The van der Waals surface area contributed by atoms with Crippen LogP contribution < -0.4 is 9.47 Å². The quantitative estimate of drug-likeness (QED) is 0.720. The SMILES string of the molecule is Cc1ccccc1C(=O)N(CCCN1CCOCC1)Cc1ccc2c(c1)OCO2. The van der Waals surface area contributed by atoms with Crippen LogP contribution in [0.1, 0.15) is 27.9 Å². The summed E-state index contributed by atoms with van der Waals surface area (Å²) in [6, 6.07) is 13.7. The predicted octanol–water partition coefficient (Wildman–Crippen LogP) is 3.09. The smallest absolute Gasteiger partial charge is 0.254 e. The molecule has 1 saturated heterocycles. The second kappa shape index (κ2) is 9.29. The summed E-state index contributed by atoms with van der Waals surface area (Å²) in [6.45, 7) is 7.99. The van der Waals surface area contributed by atoms with Crippen LogP contribution in [0.5, 0.6) is 11.5 Å². The lowest BCUT2D eigenvalue weighted by atomic mass is 10.1. The summed E-state index contributed by atoms with van der Waals surface area (Å²) in [7, 11) is 0. The van der Waals surface area contributed by atoms with Crippen LogP contribution in [0.4, 0.5) is 0 Å². The maximum absolute atomic E-state index is 13.3. The molecule has 1 amide bonds. The molecule has 0 bridgehead atoms. The molecule has 0 atom stereocenters. The number of carbonyl (C=O) groups excluding carboxylic acids is 1. The van der Waals surface area contributed by atoms with Crippen molar-refractivity contribution in [2.45, 2.75) is 19.9 Å². The van der Waals surface area contributed by atoms with E-state index in [2.05, 4.69) is 4.90 Å². The standard InChI is InChI=1S/C23H28N2O4/c1-18-5-2-3-6-20(18)23(26)25(10-4-9-24-11-13-27-14-12-24)16-19-7-8-21-22(15-19)29-17-28-21/h2-3,5-8,15H,4,9-14,16-17H2,1H3. The number of rotatable bonds is 7. The topological polar surface area (TPSA) is 51.2 Å². The molecule has 154 valence electrons. The van der Waals surface area contributed by atoms with Crippen LogP contribution in [0.15, 0.2) is 42.5 Å². The summed E-state index contributed by atoms with van der Waals surface area (Å²) in [5.74, 6) is 1.58. The lowest BCUT2D eigenvalue weighted by molar-refractivity contribution is 0.0355. The Bertz CT molecular complexity index is 849. The zero-order valence-electron chi connectivity index (χ0n) is 16.9. The van der Waals surface area contributed by atoms with Gasteiger partial charge in [0.15, 0.2) is 11.5 Å². The number of hydrogen-bond acceptors (Lipinski definition) is 5. The molecule has 6 heteroatoms. The van der Waals surface area contributed by atoms with E-state index in [0.717, 1.165) is 67.5 Å². The average Bonchev–Trinajstić information content (AvgIpc) is 3.21. The molecule has 2 aromatic carbocycles. The molecule has 6 nitrogen and oxygen atoms in total. The summed E-state index contributed by atoms with van der Waals surface area (Å²) in [4.78, 5) is 17.7. The first-order valence-corrected chi connectivity index (χ1v) is 10.2. The number of carbonyl (C=O) groups is 1. The maximum atomic E-state index is 13.3. The van der Waals surface area contributed by atoms with E-state index in [-0.39, 0.29) is 12.7 Å². The molecule has 1 fully saturated rings. The van der Waals surface area contributed by atoms with Crippen molar-refractivity contribution < 1.29 is 19.0 Å². The van der Waals surface area contributed by atoms with Crippen molar-refractivity contribution >= 4 is 5.91 Å². The number of benzene rings is 2. The number of nitrogens with zero attached hydrogens (tertiary/aromatic N) is 2. The van der Waals surface area contributed by atoms with Gasteiger partial charge in [-0.3, -0.25) is 9.69 Å². The fraction of sp³-hybridized carbons (Fsp3) is 0.435. The van der Waals surface area contributed by atoms with Gasteiger partial charge < -0.3 is 19.1 Å². The second-order valence-electron chi connectivity index (χ2n) is 7.54. The van der Waals surface area contributed by atoms with E-state index in [0.29, 0.717) is 13.1 Å². The largest absolute Gasteiger partial charge is 0.454 e. The molecule has 0 unspecified atom stereocenters. The molecule has 2 aliphatic rings. The highest BCUT2D eigenvalue weighted by Gasteiger charge is 2.20. The number of amides is 1. The van der Waals surface area contributed by atoms with Crippen molar-refractivity contribution in [1.82, 2.24) is 9.80 Å². The summed E-state index contributed by atoms with van der Waals surface area (Å²) in [5, 5.41) is 0. The highest BCUT2D eigenvalue weighted by molar-refractivity contribution is 5.95. The monoisotopic (exact) mass is 396 g/mol. The van der Waals surface area contributed by atoms with E-state index in [1.54, 1.807) is 0 Å². The molecule has 0 aromatic heterocycles. The van der Waals surface area contributed by atoms with Gasteiger partial charge in [-0.2, -0.15) is 0 Å². The number of morpholine rings is 1. The molecule has 4 rings (SSSR count). The van der Waals surface area contributed by atoms with Gasteiger partial charge in [-0.25, -0.2) is 0 Å². The summed E-state index contributed by atoms with van der Waals surface area (Å²) in [6.07, 6.45) is 0.933. The number of ether oxygens (including phenoxy) is 3. The number of hydrogen-bond donors (Lipinski definition) is 0. The highest BCUT2D eigenvalue weighted by Crippen LogP contribution is 2.33. The number of aryl methyl sites for hydroxylation is 1. The van der Waals surface area contributed by atoms with Gasteiger partial charge in [0, 0.05) is 38.3 Å². The molecule has 0 spiro atoms. The van der Waals surface area contributed by atoms with E-state index < -0.39 is 0 Å². The molecule has 0 radical (unpaired) electrons. The Balaban J connectivity index is 1.46. The third-order valence-corrected chi connectivity index (χ3v) is 5.48. The zero-order valence-corrected chi connectivity index (χ0v) is 16.9. The van der Waals surface area contributed by atoms with Gasteiger partial charge >= 0.3 is 0 Å². The minimum absolute atomic E-state index is 0.0720. The summed E-state index contributed by atoms with van der Waals surface area (Å²) < 4.78 is 16.3. The van der Waals surface area contributed by atoms with E-state index in [1.807, 2.05) is 54.3 Å². The first kappa shape index (κ1) is 19.7. The Morgan fingerprint density at radius 2 is 1.86 bits per heavy atom. The average molecular weight is 396 g/mol.